The highest BCUT2D eigenvalue weighted by Gasteiger charge is 2.27. The molecule has 2 nitrogen and oxygen atoms in total. The van der Waals surface area contributed by atoms with Crippen molar-refractivity contribution in [1.29, 1.82) is 0 Å². The molecule has 0 spiro atoms. The molecule has 0 aromatic carbocycles. The second-order valence-electron chi connectivity index (χ2n) is 5.82. The summed E-state index contributed by atoms with van der Waals surface area (Å²) in [5.74, 6) is 0.850. The highest BCUT2D eigenvalue weighted by Crippen LogP contribution is 2.17. The molecule has 0 unspecified atom stereocenters. The van der Waals surface area contributed by atoms with E-state index in [-0.39, 0.29) is 0 Å². The summed E-state index contributed by atoms with van der Waals surface area (Å²) >= 11 is 0. The van der Waals surface area contributed by atoms with Crippen molar-refractivity contribution in [2.75, 3.05) is 26.2 Å². The fraction of sp³-hybridized carbons (Fsp3) is 1.00. The van der Waals surface area contributed by atoms with Crippen LogP contribution in [0.5, 0.6) is 0 Å². The lowest BCUT2D eigenvalue weighted by molar-refractivity contribution is 0.0399. The van der Waals surface area contributed by atoms with E-state index in [4.69, 9.17) is 0 Å². The molecule has 1 heterocycles. The molecule has 1 aliphatic rings. The Morgan fingerprint density at radius 3 is 2.12 bits per heavy atom. The third-order valence-corrected chi connectivity index (χ3v) is 3.82. The van der Waals surface area contributed by atoms with Gasteiger partial charge in [-0.05, 0) is 45.7 Å². The highest BCUT2D eigenvalue weighted by molar-refractivity contribution is 4.84. The largest absolute Gasteiger partial charge is 0.301 e. The van der Waals surface area contributed by atoms with Gasteiger partial charge >= 0.3 is 0 Å². The minimum atomic E-state index is 0.732. The molecule has 2 atom stereocenters. The van der Waals surface area contributed by atoms with Crippen LogP contribution in [0.25, 0.3) is 0 Å². The molecule has 0 saturated carbocycles. The number of hydrogen-bond donors (Lipinski definition) is 0. The van der Waals surface area contributed by atoms with Gasteiger partial charge in [0.1, 0.15) is 0 Å². The van der Waals surface area contributed by atoms with Crippen LogP contribution < -0.4 is 0 Å². The minimum absolute atomic E-state index is 0.732. The van der Waals surface area contributed by atoms with E-state index in [9.17, 15) is 0 Å². The van der Waals surface area contributed by atoms with Gasteiger partial charge in [-0.25, -0.2) is 0 Å². The Kier molecular flexibility index (Phi) is 5.77. The minimum Gasteiger partial charge on any atom is -0.301 e. The number of likely N-dealkylation sites (N-methyl/N-ethyl adjacent to an activating group) is 1. The summed E-state index contributed by atoms with van der Waals surface area (Å²) in [5, 5.41) is 0. The fourth-order valence-electron chi connectivity index (χ4n) is 2.85. The Morgan fingerprint density at radius 1 is 1.12 bits per heavy atom. The topological polar surface area (TPSA) is 6.48 Å². The Balaban J connectivity index is 2.35. The van der Waals surface area contributed by atoms with E-state index in [0.29, 0.717) is 0 Å². The number of rotatable bonds is 5. The summed E-state index contributed by atoms with van der Waals surface area (Å²) in [6.07, 6.45) is 2.73. The highest BCUT2D eigenvalue weighted by atomic mass is 15.3. The quantitative estimate of drug-likeness (QED) is 0.711. The van der Waals surface area contributed by atoms with Gasteiger partial charge in [-0.1, -0.05) is 20.8 Å². The Labute approximate surface area is 102 Å². The van der Waals surface area contributed by atoms with Gasteiger partial charge in [-0.3, -0.25) is 4.90 Å². The summed E-state index contributed by atoms with van der Waals surface area (Å²) < 4.78 is 0. The van der Waals surface area contributed by atoms with Gasteiger partial charge in [-0.15, -0.1) is 0 Å². The predicted octanol–water partition coefficient (Wildman–Crippen LogP) is 2.84. The van der Waals surface area contributed by atoms with Crippen molar-refractivity contribution in [3.05, 3.63) is 0 Å². The molecule has 0 bridgehead atoms. The van der Waals surface area contributed by atoms with Crippen molar-refractivity contribution >= 4 is 0 Å². The zero-order chi connectivity index (χ0) is 12.1. The first-order valence-corrected chi connectivity index (χ1v) is 7.02. The Bertz CT molecular complexity index is 179. The van der Waals surface area contributed by atoms with Gasteiger partial charge < -0.3 is 4.90 Å². The number of nitrogens with zero attached hydrogens (tertiary/aromatic N) is 2. The third kappa shape index (κ3) is 4.06. The smallest absolute Gasteiger partial charge is 0.0198 e. The van der Waals surface area contributed by atoms with Crippen LogP contribution in [0.4, 0.5) is 0 Å². The zero-order valence-corrected chi connectivity index (χ0v) is 11.9. The molecule has 1 aliphatic heterocycles. The van der Waals surface area contributed by atoms with Crippen molar-refractivity contribution in [1.82, 2.24) is 9.80 Å². The van der Waals surface area contributed by atoms with Gasteiger partial charge in [0.05, 0.1) is 0 Å². The first-order valence-electron chi connectivity index (χ1n) is 7.02. The molecule has 2 heteroatoms. The van der Waals surface area contributed by atoms with Crippen molar-refractivity contribution in [2.45, 2.75) is 59.5 Å². The van der Waals surface area contributed by atoms with E-state index < -0.39 is 0 Å². The van der Waals surface area contributed by atoms with Crippen LogP contribution in [0, 0.1) is 5.92 Å². The van der Waals surface area contributed by atoms with Crippen LogP contribution in [0.3, 0.4) is 0 Å². The van der Waals surface area contributed by atoms with Crippen LogP contribution in [-0.4, -0.2) is 48.1 Å². The van der Waals surface area contributed by atoms with E-state index >= 15 is 0 Å². The summed E-state index contributed by atoms with van der Waals surface area (Å²) in [5.41, 5.74) is 0. The van der Waals surface area contributed by atoms with Crippen LogP contribution in [0.15, 0.2) is 0 Å². The average molecular weight is 226 g/mol. The van der Waals surface area contributed by atoms with Crippen molar-refractivity contribution in [3.63, 3.8) is 0 Å². The lowest BCUT2D eigenvalue weighted by Gasteiger charge is -2.44. The maximum Gasteiger partial charge on any atom is 0.0198 e. The second kappa shape index (κ2) is 6.61. The maximum atomic E-state index is 2.70. The summed E-state index contributed by atoms with van der Waals surface area (Å²) in [7, 11) is 0. The summed E-state index contributed by atoms with van der Waals surface area (Å²) in [6, 6.07) is 1.46. The Hall–Kier alpha value is -0.0800. The lowest BCUT2D eigenvalue weighted by Crippen LogP contribution is -2.56. The molecule has 16 heavy (non-hydrogen) atoms. The molecule has 96 valence electrons. The molecule has 0 aromatic heterocycles. The van der Waals surface area contributed by atoms with E-state index in [0.717, 1.165) is 18.0 Å². The molecule has 0 aromatic rings. The van der Waals surface area contributed by atoms with Crippen molar-refractivity contribution in [3.8, 4) is 0 Å². The van der Waals surface area contributed by atoms with Crippen LogP contribution in [0.1, 0.15) is 47.5 Å². The van der Waals surface area contributed by atoms with Crippen LogP contribution in [0.2, 0.25) is 0 Å². The fourth-order valence-corrected chi connectivity index (χ4v) is 2.85. The van der Waals surface area contributed by atoms with Gasteiger partial charge in [0.25, 0.3) is 0 Å². The van der Waals surface area contributed by atoms with E-state index in [1.807, 2.05) is 0 Å². The average Bonchev–Trinajstić information content (AvgIpc) is 2.21. The molecule has 0 radical (unpaired) electrons. The van der Waals surface area contributed by atoms with Gasteiger partial charge in [0.2, 0.25) is 0 Å². The van der Waals surface area contributed by atoms with E-state index in [1.165, 1.54) is 39.0 Å². The molecule has 0 aliphatic carbocycles. The first kappa shape index (κ1) is 14.0. The normalized spacial score (nSPS) is 28.9. The van der Waals surface area contributed by atoms with Crippen molar-refractivity contribution < 1.29 is 0 Å². The molecule has 1 fully saturated rings. The molecule has 1 saturated heterocycles. The number of piperazine rings is 1. The summed E-state index contributed by atoms with van der Waals surface area (Å²) in [6.45, 7) is 16.7. The van der Waals surface area contributed by atoms with Crippen molar-refractivity contribution in [2.24, 2.45) is 5.92 Å². The molecular weight excluding hydrogens is 196 g/mol. The first-order chi connectivity index (χ1) is 7.54. The van der Waals surface area contributed by atoms with Crippen LogP contribution in [-0.2, 0) is 0 Å². The third-order valence-electron chi connectivity index (χ3n) is 3.82. The van der Waals surface area contributed by atoms with E-state index in [1.54, 1.807) is 0 Å². The lowest BCUT2D eigenvalue weighted by atomic mass is 10.0. The summed E-state index contributed by atoms with van der Waals surface area (Å²) in [4.78, 5) is 5.28. The van der Waals surface area contributed by atoms with Gasteiger partial charge in [0, 0.05) is 25.2 Å². The van der Waals surface area contributed by atoms with Gasteiger partial charge in [0.15, 0.2) is 0 Å². The standard InChI is InChI=1S/C14H30N2/c1-6-15-10-13(4)16(14(5)11-15)9-7-8-12(2)3/h12-14H,6-11H2,1-5H3/t13-,14+. The predicted molar refractivity (Wildman–Crippen MR) is 71.8 cm³/mol. The number of hydrogen-bond acceptors (Lipinski definition) is 2. The second-order valence-corrected chi connectivity index (χ2v) is 5.82. The van der Waals surface area contributed by atoms with E-state index in [2.05, 4.69) is 44.4 Å². The monoisotopic (exact) mass is 226 g/mol. The zero-order valence-electron chi connectivity index (χ0n) is 11.9. The molecule has 0 amide bonds. The van der Waals surface area contributed by atoms with Crippen LogP contribution >= 0.6 is 0 Å². The van der Waals surface area contributed by atoms with Gasteiger partial charge in [-0.2, -0.15) is 0 Å². The Morgan fingerprint density at radius 2 is 1.69 bits per heavy atom. The molecule has 0 N–H and O–H groups in total. The maximum absolute atomic E-state index is 2.70. The molecule has 1 rings (SSSR count). The molecular formula is C14H30N2. The SMILES string of the molecule is CCN1C[C@@H](C)N(CCCC(C)C)[C@@H](C)C1.